The van der Waals surface area contributed by atoms with E-state index in [0.29, 0.717) is 11.3 Å². The summed E-state index contributed by atoms with van der Waals surface area (Å²) in [5.74, 6) is 0.360. The van der Waals surface area contributed by atoms with Crippen LogP contribution in [0.1, 0.15) is 18.5 Å². The van der Waals surface area contributed by atoms with Gasteiger partial charge in [0.1, 0.15) is 0 Å². The molecule has 0 saturated heterocycles. The van der Waals surface area contributed by atoms with E-state index in [9.17, 15) is 21.6 Å². The minimum Gasteiger partial charge on any atom is -0.203 e. The molecule has 19 heavy (non-hydrogen) atoms. The highest BCUT2D eigenvalue weighted by molar-refractivity contribution is 7.99. The van der Waals surface area contributed by atoms with E-state index < -0.39 is 21.6 Å². The van der Waals surface area contributed by atoms with Crippen LogP contribution in [0.5, 0.6) is 0 Å². The Morgan fingerprint density at radius 3 is 2.58 bits per heavy atom. The predicted molar refractivity (Wildman–Crippen MR) is 67.2 cm³/mol. The number of alkyl halides is 3. The lowest BCUT2D eigenvalue weighted by atomic mass is 9.96. The Balaban J connectivity index is 2.35. The van der Waals surface area contributed by atoms with Crippen LogP contribution in [0.2, 0.25) is 0 Å². The summed E-state index contributed by atoms with van der Waals surface area (Å²) in [5.41, 5.74) is -4.69. The third-order valence-electron chi connectivity index (χ3n) is 2.91. The molecule has 106 valence electrons. The molecule has 1 aliphatic heterocycles. The molecular formula is C11H12F3NO2S2. The fourth-order valence-electron chi connectivity index (χ4n) is 1.91. The first-order valence-electron chi connectivity index (χ1n) is 5.52. The van der Waals surface area contributed by atoms with E-state index in [1.54, 1.807) is 35.9 Å². The van der Waals surface area contributed by atoms with Crippen LogP contribution in [-0.4, -0.2) is 19.7 Å². The standard InChI is InChI=1S/C11H12F3NO2S2/c1-7-6-18-9-5-3-2-4-8(9)10(7)15-19(16,17)11(12,13)14/h2-5,7,10,15H,6H2,1H3/t7-,10+/m0/s1. The van der Waals surface area contributed by atoms with Crippen molar-refractivity contribution in [3.05, 3.63) is 29.8 Å². The normalized spacial score (nSPS) is 24.0. The van der Waals surface area contributed by atoms with E-state index in [-0.39, 0.29) is 5.92 Å². The van der Waals surface area contributed by atoms with E-state index in [1.165, 1.54) is 11.8 Å². The molecule has 1 aliphatic rings. The lowest BCUT2D eigenvalue weighted by Crippen LogP contribution is -2.42. The van der Waals surface area contributed by atoms with E-state index >= 15 is 0 Å². The van der Waals surface area contributed by atoms with Gasteiger partial charge in [0.05, 0.1) is 6.04 Å². The second-order valence-corrected chi connectivity index (χ2v) is 7.14. The van der Waals surface area contributed by atoms with Crippen LogP contribution in [0, 0.1) is 5.92 Å². The number of halogens is 3. The van der Waals surface area contributed by atoms with Crippen LogP contribution in [0.15, 0.2) is 29.2 Å². The molecule has 3 nitrogen and oxygen atoms in total. The van der Waals surface area contributed by atoms with Crippen molar-refractivity contribution >= 4 is 21.8 Å². The first-order chi connectivity index (χ1) is 8.72. The van der Waals surface area contributed by atoms with Crippen LogP contribution in [0.25, 0.3) is 0 Å². The van der Waals surface area contributed by atoms with E-state index in [4.69, 9.17) is 0 Å². The average molecular weight is 311 g/mol. The van der Waals surface area contributed by atoms with Crippen LogP contribution in [0.3, 0.4) is 0 Å². The van der Waals surface area contributed by atoms with Crippen molar-refractivity contribution in [1.29, 1.82) is 0 Å². The summed E-state index contributed by atoms with van der Waals surface area (Å²) >= 11 is 1.52. The van der Waals surface area contributed by atoms with Crippen molar-refractivity contribution in [3.63, 3.8) is 0 Å². The maximum absolute atomic E-state index is 12.4. The third-order valence-corrected chi connectivity index (χ3v) is 5.46. The fourth-order valence-corrected chi connectivity index (χ4v) is 3.91. The maximum atomic E-state index is 12.4. The average Bonchev–Trinajstić information content (AvgIpc) is 2.31. The molecule has 0 spiro atoms. The van der Waals surface area contributed by atoms with Crippen molar-refractivity contribution in [2.24, 2.45) is 5.92 Å². The number of hydrogen-bond donors (Lipinski definition) is 1. The van der Waals surface area contributed by atoms with E-state index in [2.05, 4.69) is 0 Å². The number of sulfonamides is 1. The Morgan fingerprint density at radius 2 is 1.95 bits per heavy atom. The highest BCUT2D eigenvalue weighted by atomic mass is 32.2. The zero-order valence-electron chi connectivity index (χ0n) is 9.94. The molecule has 2 atom stereocenters. The Bertz CT molecular complexity index is 572. The highest BCUT2D eigenvalue weighted by Gasteiger charge is 2.48. The summed E-state index contributed by atoms with van der Waals surface area (Å²) in [6.07, 6.45) is 0. The molecule has 1 N–H and O–H groups in total. The summed E-state index contributed by atoms with van der Waals surface area (Å²) in [5, 5.41) is 0. The maximum Gasteiger partial charge on any atom is 0.511 e. The van der Waals surface area contributed by atoms with Crippen molar-refractivity contribution in [2.75, 3.05) is 5.75 Å². The Kier molecular flexibility index (Phi) is 3.85. The Hall–Kier alpha value is -0.730. The van der Waals surface area contributed by atoms with Crippen molar-refractivity contribution < 1.29 is 21.6 Å². The molecule has 8 heteroatoms. The number of hydrogen-bond acceptors (Lipinski definition) is 3. The van der Waals surface area contributed by atoms with Gasteiger partial charge in [0, 0.05) is 10.6 Å². The van der Waals surface area contributed by atoms with Crippen LogP contribution < -0.4 is 4.72 Å². The molecule has 0 aromatic heterocycles. The lowest BCUT2D eigenvalue weighted by molar-refractivity contribution is -0.0452. The van der Waals surface area contributed by atoms with Gasteiger partial charge in [-0.05, 0) is 17.5 Å². The summed E-state index contributed by atoms with van der Waals surface area (Å²) < 4.78 is 61.5. The number of fused-ring (bicyclic) bond motifs is 1. The van der Waals surface area contributed by atoms with Gasteiger partial charge in [0.2, 0.25) is 0 Å². The zero-order chi connectivity index (χ0) is 14.3. The van der Waals surface area contributed by atoms with Gasteiger partial charge >= 0.3 is 15.5 Å². The van der Waals surface area contributed by atoms with Crippen molar-refractivity contribution in [1.82, 2.24) is 4.72 Å². The van der Waals surface area contributed by atoms with Gasteiger partial charge in [0.25, 0.3) is 0 Å². The summed E-state index contributed by atoms with van der Waals surface area (Å²) in [7, 11) is -5.33. The van der Waals surface area contributed by atoms with E-state index in [0.717, 1.165) is 4.90 Å². The second-order valence-electron chi connectivity index (χ2n) is 4.37. The molecule has 0 saturated carbocycles. The van der Waals surface area contributed by atoms with Gasteiger partial charge < -0.3 is 0 Å². The van der Waals surface area contributed by atoms with Gasteiger partial charge in [-0.1, -0.05) is 25.1 Å². The minimum absolute atomic E-state index is 0.211. The van der Waals surface area contributed by atoms with Crippen molar-refractivity contribution in [2.45, 2.75) is 23.4 Å². The zero-order valence-corrected chi connectivity index (χ0v) is 11.6. The quantitative estimate of drug-likeness (QED) is 0.913. The molecular weight excluding hydrogens is 299 g/mol. The lowest BCUT2D eigenvalue weighted by Gasteiger charge is -2.31. The molecule has 0 amide bonds. The van der Waals surface area contributed by atoms with Crippen LogP contribution >= 0.6 is 11.8 Å². The topological polar surface area (TPSA) is 46.2 Å². The monoisotopic (exact) mass is 311 g/mol. The minimum atomic E-state index is -5.33. The molecule has 0 bridgehead atoms. The number of thioether (sulfide) groups is 1. The first-order valence-corrected chi connectivity index (χ1v) is 7.99. The first kappa shape index (κ1) is 14.7. The Morgan fingerprint density at radius 1 is 1.32 bits per heavy atom. The van der Waals surface area contributed by atoms with Crippen molar-refractivity contribution in [3.8, 4) is 0 Å². The van der Waals surface area contributed by atoms with Gasteiger partial charge in [0.15, 0.2) is 0 Å². The summed E-state index contributed by atoms with van der Waals surface area (Å²) in [6, 6.07) is 6.05. The Labute approximate surface area is 113 Å². The predicted octanol–water partition coefficient (Wildman–Crippen LogP) is 2.91. The van der Waals surface area contributed by atoms with Gasteiger partial charge in [-0.15, -0.1) is 11.8 Å². The largest absolute Gasteiger partial charge is 0.511 e. The summed E-state index contributed by atoms with van der Waals surface area (Å²) in [4.78, 5) is 0.815. The second kappa shape index (κ2) is 4.99. The number of nitrogens with one attached hydrogen (secondary N) is 1. The third kappa shape index (κ3) is 2.90. The molecule has 0 aliphatic carbocycles. The summed E-state index contributed by atoms with van der Waals surface area (Å²) in [6.45, 7) is 1.73. The van der Waals surface area contributed by atoms with E-state index in [1.807, 2.05) is 0 Å². The SMILES string of the molecule is C[C@H]1CSc2ccccc2[C@@H]1NS(=O)(=O)C(F)(F)F. The van der Waals surface area contributed by atoms with Crippen LogP contribution in [0.4, 0.5) is 13.2 Å². The van der Waals surface area contributed by atoms with Gasteiger partial charge in [-0.2, -0.15) is 17.9 Å². The molecule has 1 aromatic carbocycles. The van der Waals surface area contributed by atoms with Gasteiger partial charge in [-0.3, -0.25) is 0 Å². The molecule has 0 unspecified atom stereocenters. The number of rotatable bonds is 2. The highest BCUT2D eigenvalue weighted by Crippen LogP contribution is 2.40. The smallest absolute Gasteiger partial charge is 0.203 e. The fraction of sp³-hybridized carbons (Fsp3) is 0.455. The number of benzene rings is 1. The molecule has 0 fully saturated rings. The molecule has 0 radical (unpaired) electrons. The molecule has 1 heterocycles. The van der Waals surface area contributed by atoms with Crippen LogP contribution in [-0.2, 0) is 10.0 Å². The molecule has 1 aromatic rings. The molecule has 2 rings (SSSR count). The van der Waals surface area contributed by atoms with Gasteiger partial charge in [-0.25, -0.2) is 8.42 Å².